The van der Waals surface area contributed by atoms with Crippen LogP contribution in [0.2, 0.25) is 10.0 Å². The second-order valence-electron chi connectivity index (χ2n) is 7.25. The predicted molar refractivity (Wildman–Crippen MR) is 112 cm³/mol. The Balaban J connectivity index is 1.43. The number of rotatable bonds is 4. The minimum absolute atomic E-state index is 0.142. The Morgan fingerprint density at radius 3 is 2.54 bits per heavy atom. The van der Waals surface area contributed by atoms with E-state index in [2.05, 4.69) is 41.1 Å². The molecule has 0 aliphatic carbocycles. The molecule has 1 aliphatic heterocycles. The van der Waals surface area contributed by atoms with Crippen LogP contribution in [0.4, 0.5) is 5.69 Å². The van der Waals surface area contributed by atoms with Gasteiger partial charge in [0.2, 0.25) is 5.89 Å². The standard InChI is InChI=1S/C21H22Cl2N4O/c1-14-6-7-18(23)13-19(14)27-10-8-26(9-11-27)15(2)20-24-25-21(28-20)16-4-3-5-17(22)12-16/h3-7,12-13,15H,8-11H2,1-2H3/p+1/t15-/m1/s1. The Morgan fingerprint density at radius 1 is 1.04 bits per heavy atom. The van der Waals surface area contributed by atoms with Crippen LogP contribution in [0, 0.1) is 6.92 Å². The van der Waals surface area contributed by atoms with Crippen molar-refractivity contribution in [2.45, 2.75) is 19.9 Å². The van der Waals surface area contributed by atoms with Crippen LogP contribution in [-0.4, -0.2) is 36.4 Å². The summed E-state index contributed by atoms with van der Waals surface area (Å²) in [4.78, 5) is 3.85. The third-order valence-electron chi connectivity index (χ3n) is 5.41. The molecule has 1 atom stereocenters. The number of anilines is 1. The van der Waals surface area contributed by atoms with Crippen molar-refractivity contribution in [3.8, 4) is 11.5 Å². The van der Waals surface area contributed by atoms with Gasteiger partial charge < -0.3 is 14.2 Å². The SMILES string of the molecule is Cc1ccc(Cl)cc1N1CC[NH+]([C@H](C)c2nnc(-c3cccc(Cl)c3)o2)CC1. The summed E-state index contributed by atoms with van der Waals surface area (Å²) in [6, 6.07) is 13.7. The molecule has 3 aromatic rings. The van der Waals surface area contributed by atoms with E-state index in [1.165, 1.54) is 16.2 Å². The zero-order valence-electron chi connectivity index (χ0n) is 16.0. The first-order valence-electron chi connectivity index (χ1n) is 9.46. The van der Waals surface area contributed by atoms with Crippen LogP contribution in [0.15, 0.2) is 46.9 Å². The molecular weight excluding hydrogens is 395 g/mol. The van der Waals surface area contributed by atoms with E-state index in [0.29, 0.717) is 16.8 Å². The summed E-state index contributed by atoms with van der Waals surface area (Å²) in [6.45, 7) is 8.21. The summed E-state index contributed by atoms with van der Waals surface area (Å²) in [5.41, 5.74) is 3.32. The molecule has 1 saturated heterocycles. The van der Waals surface area contributed by atoms with E-state index in [9.17, 15) is 0 Å². The highest BCUT2D eigenvalue weighted by atomic mass is 35.5. The molecule has 2 heterocycles. The lowest BCUT2D eigenvalue weighted by Crippen LogP contribution is -3.14. The van der Waals surface area contributed by atoms with Gasteiger partial charge in [0.15, 0.2) is 6.04 Å². The second kappa shape index (κ2) is 8.11. The maximum Gasteiger partial charge on any atom is 0.274 e. The van der Waals surface area contributed by atoms with E-state index in [4.69, 9.17) is 27.6 Å². The minimum atomic E-state index is 0.142. The van der Waals surface area contributed by atoms with E-state index in [1.807, 2.05) is 30.3 Å². The molecule has 0 unspecified atom stereocenters. The molecular formula is C21H23Cl2N4O+. The molecule has 4 rings (SSSR count). The molecule has 1 fully saturated rings. The van der Waals surface area contributed by atoms with E-state index < -0.39 is 0 Å². The highest BCUT2D eigenvalue weighted by Crippen LogP contribution is 2.25. The van der Waals surface area contributed by atoms with E-state index >= 15 is 0 Å². The van der Waals surface area contributed by atoms with Crippen LogP contribution in [0.5, 0.6) is 0 Å². The van der Waals surface area contributed by atoms with Crippen LogP contribution < -0.4 is 9.80 Å². The molecule has 1 N–H and O–H groups in total. The third kappa shape index (κ3) is 4.02. The van der Waals surface area contributed by atoms with Gasteiger partial charge in [-0.3, -0.25) is 0 Å². The molecule has 0 saturated carbocycles. The van der Waals surface area contributed by atoms with Crippen LogP contribution >= 0.6 is 23.2 Å². The van der Waals surface area contributed by atoms with Gasteiger partial charge >= 0.3 is 0 Å². The summed E-state index contributed by atoms with van der Waals surface area (Å²) in [5, 5.41) is 9.94. The molecule has 2 aromatic carbocycles. The van der Waals surface area contributed by atoms with Gasteiger partial charge in [-0.15, -0.1) is 10.2 Å². The lowest BCUT2D eigenvalue weighted by atomic mass is 10.1. The van der Waals surface area contributed by atoms with Crippen LogP contribution in [0.25, 0.3) is 11.5 Å². The number of aromatic nitrogens is 2. The second-order valence-corrected chi connectivity index (χ2v) is 8.13. The first-order valence-corrected chi connectivity index (χ1v) is 10.2. The van der Waals surface area contributed by atoms with Gasteiger partial charge in [-0.2, -0.15) is 0 Å². The molecule has 146 valence electrons. The monoisotopic (exact) mass is 417 g/mol. The number of halogens is 2. The number of quaternary nitrogens is 1. The third-order valence-corrected chi connectivity index (χ3v) is 5.88. The van der Waals surface area contributed by atoms with Gasteiger partial charge in [0.1, 0.15) is 0 Å². The fourth-order valence-corrected chi connectivity index (χ4v) is 4.07. The Hall–Kier alpha value is -2.08. The molecule has 0 radical (unpaired) electrons. The van der Waals surface area contributed by atoms with Crippen molar-refractivity contribution < 1.29 is 9.32 Å². The molecule has 1 aliphatic rings. The maximum absolute atomic E-state index is 6.19. The van der Waals surface area contributed by atoms with Gasteiger partial charge in [0.05, 0.1) is 26.2 Å². The number of hydrogen-bond acceptors (Lipinski definition) is 4. The molecule has 28 heavy (non-hydrogen) atoms. The first kappa shape index (κ1) is 19.2. The summed E-state index contributed by atoms with van der Waals surface area (Å²) in [6.07, 6.45) is 0. The van der Waals surface area contributed by atoms with Crippen LogP contribution in [0.1, 0.15) is 24.4 Å². The normalized spacial score (nSPS) is 16.4. The van der Waals surface area contributed by atoms with Crippen LogP contribution in [-0.2, 0) is 0 Å². The van der Waals surface area contributed by atoms with Gasteiger partial charge in [0, 0.05) is 21.3 Å². The van der Waals surface area contributed by atoms with Gasteiger partial charge in [0.25, 0.3) is 5.89 Å². The first-order chi connectivity index (χ1) is 13.5. The average Bonchev–Trinajstić information content (AvgIpc) is 3.20. The van der Waals surface area contributed by atoms with Crippen molar-refractivity contribution in [2.24, 2.45) is 0 Å². The zero-order chi connectivity index (χ0) is 19.7. The van der Waals surface area contributed by atoms with E-state index in [0.717, 1.165) is 36.8 Å². The highest BCUT2D eigenvalue weighted by molar-refractivity contribution is 6.31. The molecule has 0 bridgehead atoms. The molecule has 0 amide bonds. The largest absolute Gasteiger partial charge is 0.415 e. The quantitative estimate of drug-likeness (QED) is 0.700. The number of benzene rings is 2. The summed E-state index contributed by atoms with van der Waals surface area (Å²) >= 11 is 12.3. The number of nitrogens with one attached hydrogen (secondary N) is 1. The van der Waals surface area contributed by atoms with Crippen molar-refractivity contribution in [3.63, 3.8) is 0 Å². The lowest BCUT2D eigenvalue weighted by Gasteiger charge is -2.36. The number of hydrogen-bond donors (Lipinski definition) is 1. The molecule has 7 heteroatoms. The topological polar surface area (TPSA) is 46.6 Å². The smallest absolute Gasteiger partial charge is 0.274 e. The van der Waals surface area contributed by atoms with Crippen molar-refractivity contribution in [2.75, 3.05) is 31.1 Å². The van der Waals surface area contributed by atoms with Crippen molar-refractivity contribution >= 4 is 28.9 Å². The van der Waals surface area contributed by atoms with Crippen molar-refractivity contribution in [1.82, 2.24) is 10.2 Å². The fraction of sp³-hybridized carbons (Fsp3) is 0.333. The van der Waals surface area contributed by atoms with Gasteiger partial charge in [-0.1, -0.05) is 35.3 Å². The average molecular weight is 418 g/mol. The molecule has 0 spiro atoms. The summed E-state index contributed by atoms with van der Waals surface area (Å²) in [7, 11) is 0. The fourth-order valence-electron chi connectivity index (χ4n) is 3.71. The Labute approximate surface area is 174 Å². The van der Waals surface area contributed by atoms with E-state index in [-0.39, 0.29) is 6.04 Å². The zero-order valence-corrected chi connectivity index (χ0v) is 17.5. The van der Waals surface area contributed by atoms with Crippen molar-refractivity contribution in [1.29, 1.82) is 0 Å². The predicted octanol–water partition coefficient (Wildman–Crippen LogP) is 3.82. The molecule has 5 nitrogen and oxygen atoms in total. The number of piperazine rings is 1. The van der Waals surface area contributed by atoms with Crippen molar-refractivity contribution in [3.05, 3.63) is 64.0 Å². The van der Waals surface area contributed by atoms with E-state index in [1.54, 1.807) is 0 Å². The molecule has 1 aromatic heterocycles. The highest BCUT2D eigenvalue weighted by Gasteiger charge is 2.29. The Morgan fingerprint density at radius 2 is 1.79 bits per heavy atom. The number of aryl methyl sites for hydroxylation is 1. The lowest BCUT2D eigenvalue weighted by molar-refractivity contribution is -0.931. The maximum atomic E-state index is 6.19. The Bertz CT molecular complexity index is 967. The van der Waals surface area contributed by atoms with Gasteiger partial charge in [-0.05, 0) is 49.7 Å². The van der Waals surface area contributed by atoms with Crippen LogP contribution in [0.3, 0.4) is 0 Å². The van der Waals surface area contributed by atoms with Gasteiger partial charge in [-0.25, -0.2) is 0 Å². The Kier molecular flexibility index (Phi) is 5.58. The number of nitrogens with zero attached hydrogens (tertiary/aromatic N) is 3. The summed E-state index contributed by atoms with van der Waals surface area (Å²) < 4.78 is 5.95. The minimum Gasteiger partial charge on any atom is -0.415 e. The summed E-state index contributed by atoms with van der Waals surface area (Å²) in [5.74, 6) is 1.18.